The van der Waals surface area contributed by atoms with Crippen LogP contribution in [0.5, 0.6) is 0 Å². The Morgan fingerprint density at radius 3 is 2.00 bits per heavy atom. The molecule has 70 valence electrons. The highest BCUT2D eigenvalue weighted by Gasteiger charge is 2.73. The molecule has 0 amide bonds. The van der Waals surface area contributed by atoms with Gasteiger partial charge in [-0.1, -0.05) is 13.8 Å². The lowest BCUT2D eigenvalue weighted by atomic mass is 10.0. The van der Waals surface area contributed by atoms with E-state index in [9.17, 15) is 0 Å². The standard InChI is InChI=1S/C10H20N2/c1-7(2)12-5-9(3)8(11)10(9,4)6-12/h7-8H,5-6,11H2,1-4H3. The van der Waals surface area contributed by atoms with E-state index in [0.29, 0.717) is 22.9 Å². The van der Waals surface area contributed by atoms with E-state index in [1.54, 1.807) is 0 Å². The van der Waals surface area contributed by atoms with Crippen LogP contribution in [0.25, 0.3) is 0 Å². The van der Waals surface area contributed by atoms with Crippen molar-refractivity contribution in [2.45, 2.75) is 39.8 Å². The molecule has 2 fully saturated rings. The van der Waals surface area contributed by atoms with Crippen LogP contribution in [0.15, 0.2) is 0 Å². The molecule has 0 bridgehead atoms. The lowest BCUT2D eigenvalue weighted by Gasteiger charge is -2.25. The van der Waals surface area contributed by atoms with E-state index in [1.807, 2.05) is 0 Å². The second-order valence-corrected chi connectivity index (χ2v) is 5.31. The Balaban J connectivity index is 2.12. The van der Waals surface area contributed by atoms with Gasteiger partial charge >= 0.3 is 0 Å². The third-order valence-corrected chi connectivity index (χ3v) is 4.39. The first-order valence-electron chi connectivity index (χ1n) is 4.91. The highest BCUT2D eigenvalue weighted by Crippen LogP contribution is 2.66. The van der Waals surface area contributed by atoms with Crippen molar-refractivity contribution in [3.05, 3.63) is 0 Å². The lowest BCUT2D eigenvalue weighted by molar-refractivity contribution is 0.218. The van der Waals surface area contributed by atoms with Crippen LogP contribution in [0.3, 0.4) is 0 Å². The van der Waals surface area contributed by atoms with Crippen molar-refractivity contribution in [2.24, 2.45) is 16.6 Å². The Hall–Kier alpha value is -0.0800. The maximum Gasteiger partial charge on any atom is 0.0184 e. The van der Waals surface area contributed by atoms with Crippen molar-refractivity contribution < 1.29 is 0 Å². The Bertz CT molecular complexity index is 196. The number of likely N-dealkylation sites (tertiary alicyclic amines) is 1. The predicted molar refractivity (Wildman–Crippen MR) is 50.9 cm³/mol. The third kappa shape index (κ3) is 0.728. The molecule has 2 unspecified atom stereocenters. The quantitative estimate of drug-likeness (QED) is 0.634. The number of nitrogens with two attached hydrogens (primary N) is 1. The van der Waals surface area contributed by atoms with Gasteiger partial charge in [-0.25, -0.2) is 0 Å². The van der Waals surface area contributed by atoms with Gasteiger partial charge in [0.1, 0.15) is 0 Å². The minimum Gasteiger partial charge on any atom is -0.327 e. The van der Waals surface area contributed by atoms with Crippen LogP contribution < -0.4 is 5.73 Å². The summed E-state index contributed by atoms with van der Waals surface area (Å²) in [4.78, 5) is 2.54. The van der Waals surface area contributed by atoms with E-state index in [-0.39, 0.29) is 0 Å². The zero-order chi connectivity index (χ0) is 9.15. The number of piperidine rings is 1. The Morgan fingerprint density at radius 1 is 1.25 bits per heavy atom. The molecular formula is C10H20N2. The zero-order valence-corrected chi connectivity index (χ0v) is 8.59. The van der Waals surface area contributed by atoms with Gasteiger partial charge in [0.15, 0.2) is 0 Å². The van der Waals surface area contributed by atoms with E-state index >= 15 is 0 Å². The maximum atomic E-state index is 6.08. The number of hydrogen-bond acceptors (Lipinski definition) is 2. The van der Waals surface area contributed by atoms with Gasteiger partial charge in [-0.2, -0.15) is 0 Å². The predicted octanol–water partition coefficient (Wildman–Crippen LogP) is 1.06. The fourth-order valence-corrected chi connectivity index (χ4v) is 2.82. The first kappa shape index (κ1) is 8.52. The molecule has 12 heavy (non-hydrogen) atoms. The molecule has 2 nitrogen and oxygen atoms in total. The third-order valence-electron chi connectivity index (χ3n) is 4.39. The molecule has 2 heteroatoms. The largest absolute Gasteiger partial charge is 0.327 e. The van der Waals surface area contributed by atoms with Gasteiger partial charge < -0.3 is 5.73 Å². The summed E-state index contributed by atoms with van der Waals surface area (Å²) in [6, 6.07) is 1.12. The second-order valence-electron chi connectivity index (χ2n) is 5.31. The molecule has 1 saturated heterocycles. The van der Waals surface area contributed by atoms with E-state index in [2.05, 4.69) is 32.6 Å². The van der Waals surface area contributed by atoms with Crippen molar-refractivity contribution in [2.75, 3.05) is 13.1 Å². The van der Waals surface area contributed by atoms with Crippen LogP contribution in [0, 0.1) is 10.8 Å². The van der Waals surface area contributed by atoms with Crippen molar-refractivity contribution in [1.29, 1.82) is 0 Å². The van der Waals surface area contributed by atoms with Crippen LogP contribution in [0.4, 0.5) is 0 Å². The van der Waals surface area contributed by atoms with E-state index in [4.69, 9.17) is 5.73 Å². The molecule has 2 N–H and O–H groups in total. The molecular weight excluding hydrogens is 148 g/mol. The summed E-state index contributed by atoms with van der Waals surface area (Å²) in [6.45, 7) is 11.6. The van der Waals surface area contributed by atoms with Gasteiger partial charge in [-0.15, -0.1) is 0 Å². The van der Waals surface area contributed by atoms with E-state index in [0.717, 1.165) is 0 Å². The molecule has 1 aliphatic heterocycles. The fourth-order valence-electron chi connectivity index (χ4n) is 2.82. The molecule has 2 rings (SSSR count). The average molecular weight is 168 g/mol. The topological polar surface area (TPSA) is 29.3 Å². The Kier molecular flexibility index (Phi) is 1.45. The summed E-state index contributed by atoms with van der Waals surface area (Å²) in [5.41, 5.74) is 6.90. The summed E-state index contributed by atoms with van der Waals surface area (Å²) in [5.74, 6) is 0. The van der Waals surface area contributed by atoms with Crippen LogP contribution >= 0.6 is 0 Å². The minimum absolute atomic E-state index is 0.414. The van der Waals surface area contributed by atoms with Crippen LogP contribution in [-0.2, 0) is 0 Å². The minimum atomic E-state index is 0.414. The average Bonchev–Trinajstić information content (AvgIpc) is 2.31. The highest BCUT2D eigenvalue weighted by atomic mass is 15.3. The molecule has 1 heterocycles. The second kappa shape index (κ2) is 2.05. The summed E-state index contributed by atoms with van der Waals surface area (Å²) in [7, 11) is 0. The smallest absolute Gasteiger partial charge is 0.0184 e. The number of nitrogens with zero attached hydrogens (tertiary/aromatic N) is 1. The van der Waals surface area contributed by atoms with Gasteiger partial charge in [-0.05, 0) is 13.8 Å². The van der Waals surface area contributed by atoms with E-state index < -0.39 is 0 Å². The molecule has 2 aliphatic rings. The van der Waals surface area contributed by atoms with Gasteiger partial charge in [0, 0.05) is 36.0 Å². The SMILES string of the molecule is CC(C)N1CC2(C)C(N)C2(C)C1. The Labute approximate surface area is 75.1 Å². The monoisotopic (exact) mass is 168 g/mol. The van der Waals surface area contributed by atoms with Gasteiger partial charge in [-0.3, -0.25) is 4.90 Å². The molecule has 0 aromatic carbocycles. The molecule has 0 aromatic heterocycles. The van der Waals surface area contributed by atoms with Crippen LogP contribution in [0.2, 0.25) is 0 Å². The molecule has 2 atom stereocenters. The molecule has 1 aliphatic carbocycles. The summed E-state index contributed by atoms with van der Waals surface area (Å²) in [6.07, 6.45) is 0. The van der Waals surface area contributed by atoms with Gasteiger partial charge in [0.05, 0.1) is 0 Å². The zero-order valence-electron chi connectivity index (χ0n) is 8.59. The first-order valence-corrected chi connectivity index (χ1v) is 4.91. The van der Waals surface area contributed by atoms with Crippen LogP contribution in [0.1, 0.15) is 27.7 Å². The van der Waals surface area contributed by atoms with Crippen molar-refractivity contribution in [3.8, 4) is 0 Å². The van der Waals surface area contributed by atoms with E-state index in [1.165, 1.54) is 13.1 Å². The van der Waals surface area contributed by atoms with Gasteiger partial charge in [0.25, 0.3) is 0 Å². The van der Waals surface area contributed by atoms with Crippen molar-refractivity contribution >= 4 is 0 Å². The Morgan fingerprint density at radius 2 is 1.67 bits per heavy atom. The number of hydrogen-bond donors (Lipinski definition) is 1. The fraction of sp³-hybridized carbons (Fsp3) is 1.00. The first-order chi connectivity index (χ1) is 5.42. The summed E-state index contributed by atoms with van der Waals surface area (Å²) in [5, 5.41) is 0. The maximum absolute atomic E-state index is 6.08. The molecule has 0 aromatic rings. The van der Waals surface area contributed by atoms with Crippen molar-refractivity contribution in [3.63, 3.8) is 0 Å². The van der Waals surface area contributed by atoms with Crippen LogP contribution in [-0.4, -0.2) is 30.1 Å². The molecule has 0 spiro atoms. The summed E-state index contributed by atoms with van der Waals surface area (Å²) < 4.78 is 0. The van der Waals surface area contributed by atoms with Crippen molar-refractivity contribution in [1.82, 2.24) is 4.90 Å². The lowest BCUT2D eigenvalue weighted by Crippen LogP contribution is -2.37. The number of rotatable bonds is 1. The normalized spacial score (nSPS) is 53.0. The molecule has 1 saturated carbocycles. The summed E-state index contributed by atoms with van der Waals surface area (Å²) >= 11 is 0. The van der Waals surface area contributed by atoms with Gasteiger partial charge in [0.2, 0.25) is 0 Å². The highest BCUT2D eigenvalue weighted by molar-refractivity contribution is 5.26. The molecule has 0 radical (unpaired) electrons. The number of fused-ring (bicyclic) bond motifs is 1.